The molecule has 7 heteroatoms. The lowest BCUT2D eigenvalue weighted by Crippen LogP contribution is -2.32. The molecule has 1 fully saturated rings. The first-order valence-electron chi connectivity index (χ1n) is 10.6. The standard InChI is InChI=1S/C25H29ClN2O4/c1-16(2)32-20-11-9-17(10-12-20)23(29)21-22(18-7-5-8-19(26)15-18)28(25(31)24(21)30)14-6-13-27(3)4/h5,7-12,15-16,22,29H,6,13-14H2,1-4H3/t22-/m0/s1. The number of carbonyl (C=O) groups is 2. The minimum Gasteiger partial charge on any atom is -0.507 e. The summed E-state index contributed by atoms with van der Waals surface area (Å²) in [6.45, 7) is 5.01. The normalized spacial score (nSPS) is 18.1. The number of benzene rings is 2. The van der Waals surface area contributed by atoms with Crippen molar-refractivity contribution in [2.75, 3.05) is 27.2 Å². The third-order valence-corrected chi connectivity index (χ3v) is 5.44. The van der Waals surface area contributed by atoms with E-state index in [2.05, 4.69) is 0 Å². The summed E-state index contributed by atoms with van der Waals surface area (Å²) < 4.78 is 5.65. The number of halogens is 1. The van der Waals surface area contributed by atoms with Gasteiger partial charge in [-0.15, -0.1) is 0 Å². The van der Waals surface area contributed by atoms with Gasteiger partial charge in [0.05, 0.1) is 17.7 Å². The van der Waals surface area contributed by atoms with E-state index >= 15 is 0 Å². The molecular weight excluding hydrogens is 428 g/mol. The molecule has 1 atom stereocenters. The quantitative estimate of drug-likeness (QED) is 0.360. The lowest BCUT2D eigenvalue weighted by atomic mass is 9.95. The van der Waals surface area contributed by atoms with E-state index < -0.39 is 17.7 Å². The van der Waals surface area contributed by atoms with Crippen LogP contribution >= 0.6 is 11.6 Å². The van der Waals surface area contributed by atoms with Crippen LogP contribution in [-0.2, 0) is 9.59 Å². The Morgan fingerprint density at radius 2 is 1.84 bits per heavy atom. The summed E-state index contributed by atoms with van der Waals surface area (Å²) in [7, 11) is 3.91. The van der Waals surface area contributed by atoms with Crippen molar-refractivity contribution in [1.82, 2.24) is 9.80 Å². The molecule has 6 nitrogen and oxygen atoms in total. The Balaban J connectivity index is 2.04. The number of amides is 1. The van der Waals surface area contributed by atoms with Crippen molar-refractivity contribution in [3.05, 3.63) is 70.3 Å². The number of ether oxygens (including phenoxy) is 1. The summed E-state index contributed by atoms with van der Waals surface area (Å²) in [4.78, 5) is 29.5. The maximum atomic E-state index is 13.0. The first-order valence-corrected chi connectivity index (χ1v) is 11.0. The highest BCUT2D eigenvalue weighted by atomic mass is 35.5. The van der Waals surface area contributed by atoms with Crippen molar-refractivity contribution in [1.29, 1.82) is 0 Å². The molecule has 1 aliphatic heterocycles. The molecule has 2 aromatic rings. The maximum Gasteiger partial charge on any atom is 0.295 e. The van der Waals surface area contributed by atoms with Crippen molar-refractivity contribution in [2.45, 2.75) is 32.4 Å². The molecule has 0 aromatic heterocycles. The number of carbonyl (C=O) groups excluding carboxylic acids is 2. The number of Topliss-reactive ketones (excluding diaryl/α,β-unsaturated/α-hetero) is 1. The summed E-state index contributed by atoms with van der Waals surface area (Å²) in [6, 6.07) is 13.2. The average Bonchev–Trinajstić information content (AvgIpc) is 2.98. The Bertz CT molecular complexity index is 1010. The van der Waals surface area contributed by atoms with Crippen molar-refractivity contribution in [3.63, 3.8) is 0 Å². The van der Waals surface area contributed by atoms with E-state index in [0.29, 0.717) is 34.9 Å². The number of aliphatic hydroxyl groups is 1. The van der Waals surface area contributed by atoms with E-state index in [-0.39, 0.29) is 17.4 Å². The number of hydrogen-bond acceptors (Lipinski definition) is 5. The van der Waals surface area contributed by atoms with Gasteiger partial charge in [-0.25, -0.2) is 0 Å². The highest BCUT2D eigenvalue weighted by molar-refractivity contribution is 6.46. The Morgan fingerprint density at radius 1 is 1.16 bits per heavy atom. The van der Waals surface area contributed by atoms with Gasteiger partial charge in [0.15, 0.2) is 0 Å². The number of rotatable bonds is 8. The van der Waals surface area contributed by atoms with Crippen LogP contribution in [0.1, 0.15) is 37.4 Å². The van der Waals surface area contributed by atoms with Gasteiger partial charge in [0, 0.05) is 17.1 Å². The minimum atomic E-state index is -0.706. The van der Waals surface area contributed by atoms with Gasteiger partial charge in [-0.3, -0.25) is 9.59 Å². The third-order valence-electron chi connectivity index (χ3n) is 5.21. The highest BCUT2D eigenvalue weighted by Crippen LogP contribution is 2.40. The van der Waals surface area contributed by atoms with Gasteiger partial charge < -0.3 is 19.6 Å². The number of likely N-dealkylation sites (tertiary alicyclic amines) is 1. The summed E-state index contributed by atoms with van der Waals surface area (Å²) in [5, 5.41) is 11.6. The fourth-order valence-electron chi connectivity index (χ4n) is 3.81. The van der Waals surface area contributed by atoms with E-state index in [0.717, 1.165) is 6.54 Å². The van der Waals surface area contributed by atoms with Crippen LogP contribution < -0.4 is 4.74 Å². The van der Waals surface area contributed by atoms with Crippen LogP contribution in [0.4, 0.5) is 0 Å². The van der Waals surface area contributed by atoms with Crippen LogP contribution in [-0.4, -0.2) is 59.9 Å². The SMILES string of the molecule is CC(C)Oc1ccc(C(O)=C2C(=O)C(=O)N(CCCN(C)C)[C@H]2c2cccc(Cl)c2)cc1. The van der Waals surface area contributed by atoms with Crippen LogP contribution in [0.15, 0.2) is 54.1 Å². The number of hydrogen-bond donors (Lipinski definition) is 1. The topological polar surface area (TPSA) is 70.1 Å². The smallest absolute Gasteiger partial charge is 0.295 e. The molecule has 170 valence electrons. The second kappa shape index (κ2) is 10.2. The fraction of sp³-hybridized carbons (Fsp3) is 0.360. The molecule has 3 rings (SSSR count). The van der Waals surface area contributed by atoms with Crippen molar-refractivity contribution in [2.24, 2.45) is 0 Å². The highest BCUT2D eigenvalue weighted by Gasteiger charge is 2.45. The largest absolute Gasteiger partial charge is 0.507 e. The molecule has 0 bridgehead atoms. The number of aliphatic hydroxyl groups excluding tert-OH is 1. The minimum absolute atomic E-state index is 0.0183. The van der Waals surface area contributed by atoms with Crippen molar-refractivity contribution in [3.8, 4) is 5.75 Å². The molecule has 0 unspecified atom stereocenters. The molecule has 1 heterocycles. The number of nitrogens with zero attached hydrogens (tertiary/aromatic N) is 2. The second-order valence-electron chi connectivity index (χ2n) is 8.40. The van der Waals surface area contributed by atoms with E-state index in [1.54, 1.807) is 42.5 Å². The third kappa shape index (κ3) is 5.31. The lowest BCUT2D eigenvalue weighted by Gasteiger charge is -2.26. The van der Waals surface area contributed by atoms with E-state index in [9.17, 15) is 14.7 Å². The van der Waals surface area contributed by atoms with Crippen LogP contribution in [0.2, 0.25) is 5.02 Å². The predicted octanol–water partition coefficient (Wildman–Crippen LogP) is 4.50. The first-order chi connectivity index (χ1) is 15.2. The Hall–Kier alpha value is -2.83. The van der Waals surface area contributed by atoms with Crippen molar-refractivity contribution >= 4 is 29.1 Å². The van der Waals surface area contributed by atoms with Gasteiger partial charge in [-0.2, -0.15) is 0 Å². The summed E-state index contributed by atoms with van der Waals surface area (Å²) in [5.74, 6) is -0.860. The van der Waals surface area contributed by atoms with Crippen LogP contribution in [0, 0.1) is 0 Å². The first kappa shape index (κ1) is 23.8. The number of ketones is 1. The van der Waals surface area contributed by atoms with Gasteiger partial charge in [-0.05, 0) is 82.9 Å². The Labute approximate surface area is 194 Å². The Morgan fingerprint density at radius 3 is 2.44 bits per heavy atom. The molecular formula is C25H29ClN2O4. The fourth-order valence-corrected chi connectivity index (χ4v) is 4.01. The van der Waals surface area contributed by atoms with Gasteiger partial charge in [-0.1, -0.05) is 23.7 Å². The molecule has 32 heavy (non-hydrogen) atoms. The molecule has 0 aliphatic carbocycles. The van der Waals surface area contributed by atoms with Crippen LogP contribution in [0.3, 0.4) is 0 Å². The summed E-state index contributed by atoms with van der Waals surface area (Å²) >= 11 is 6.21. The molecule has 1 amide bonds. The molecule has 0 saturated carbocycles. The maximum absolute atomic E-state index is 13.0. The zero-order valence-corrected chi connectivity index (χ0v) is 19.6. The Kier molecular flexibility index (Phi) is 7.59. The monoisotopic (exact) mass is 456 g/mol. The summed E-state index contributed by atoms with van der Waals surface area (Å²) in [5.41, 5.74) is 1.20. The molecule has 0 radical (unpaired) electrons. The molecule has 0 spiro atoms. The van der Waals surface area contributed by atoms with E-state index in [4.69, 9.17) is 16.3 Å². The zero-order valence-electron chi connectivity index (χ0n) is 18.8. The predicted molar refractivity (Wildman–Crippen MR) is 126 cm³/mol. The van der Waals surface area contributed by atoms with E-state index in [1.807, 2.05) is 38.9 Å². The molecule has 1 N–H and O–H groups in total. The second-order valence-corrected chi connectivity index (χ2v) is 8.83. The molecule has 1 aliphatic rings. The van der Waals surface area contributed by atoms with Gasteiger partial charge in [0.1, 0.15) is 11.5 Å². The summed E-state index contributed by atoms with van der Waals surface area (Å²) in [6.07, 6.45) is 0.711. The van der Waals surface area contributed by atoms with Crippen molar-refractivity contribution < 1.29 is 19.4 Å². The van der Waals surface area contributed by atoms with E-state index in [1.165, 1.54) is 4.90 Å². The lowest BCUT2D eigenvalue weighted by molar-refractivity contribution is -0.139. The zero-order chi connectivity index (χ0) is 23.4. The molecule has 1 saturated heterocycles. The van der Waals surface area contributed by atoms with Gasteiger partial charge >= 0.3 is 0 Å². The van der Waals surface area contributed by atoms with Gasteiger partial charge in [0.2, 0.25) is 0 Å². The van der Waals surface area contributed by atoms with Gasteiger partial charge in [0.25, 0.3) is 11.7 Å². The molecule has 2 aromatic carbocycles. The van der Waals surface area contributed by atoms with Crippen LogP contribution in [0.5, 0.6) is 5.75 Å². The van der Waals surface area contributed by atoms with Crippen LogP contribution in [0.25, 0.3) is 5.76 Å². The average molecular weight is 457 g/mol.